The third kappa shape index (κ3) is 4.22. The van der Waals surface area contributed by atoms with Gasteiger partial charge in [-0.2, -0.15) is 0 Å². The first-order valence-electron chi connectivity index (χ1n) is 10.2. The van der Waals surface area contributed by atoms with E-state index < -0.39 is 0 Å². The van der Waals surface area contributed by atoms with Crippen LogP contribution in [0.3, 0.4) is 0 Å². The molecule has 0 aliphatic rings. The maximum atomic E-state index is 13.4. The van der Waals surface area contributed by atoms with Crippen molar-refractivity contribution in [3.63, 3.8) is 0 Å². The predicted molar refractivity (Wildman–Crippen MR) is 124 cm³/mol. The summed E-state index contributed by atoms with van der Waals surface area (Å²) in [5.74, 6) is 1.18. The lowest BCUT2D eigenvalue weighted by Gasteiger charge is -2.09. The molecule has 0 unspecified atom stereocenters. The smallest absolute Gasteiger partial charge is 0.259 e. The first kappa shape index (κ1) is 20.9. The summed E-state index contributed by atoms with van der Waals surface area (Å²) in [4.78, 5) is 26.6. The van der Waals surface area contributed by atoms with E-state index in [0.29, 0.717) is 39.5 Å². The molecule has 0 atom stereocenters. The van der Waals surface area contributed by atoms with Crippen LogP contribution in [0.25, 0.3) is 22.4 Å². The van der Waals surface area contributed by atoms with Gasteiger partial charge < -0.3 is 14.3 Å². The molecule has 0 aliphatic carbocycles. The molecule has 9 heteroatoms. The van der Waals surface area contributed by atoms with Gasteiger partial charge in [-0.05, 0) is 57.2 Å². The second-order valence-corrected chi connectivity index (χ2v) is 8.48. The van der Waals surface area contributed by atoms with E-state index in [4.69, 9.17) is 8.94 Å². The summed E-state index contributed by atoms with van der Waals surface area (Å²) in [6.45, 7) is 5.51. The van der Waals surface area contributed by atoms with Crippen LogP contribution in [0.4, 0.5) is 5.69 Å². The third-order valence-electron chi connectivity index (χ3n) is 5.02. The summed E-state index contributed by atoms with van der Waals surface area (Å²) in [6, 6.07) is 12.8. The molecule has 0 bridgehead atoms. The van der Waals surface area contributed by atoms with Crippen LogP contribution < -0.4 is 5.32 Å². The van der Waals surface area contributed by atoms with Gasteiger partial charge in [0.15, 0.2) is 0 Å². The van der Waals surface area contributed by atoms with E-state index >= 15 is 0 Å². The van der Waals surface area contributed by atoms with Gasteiger partial charge in [0.1, 0.15) is 21.6 Å². The van der Waals surface area contributed by atoms with Crippen LogP contribution in [0, 0.1) is 20.8 Å². The Kier molecular flexibility index (Phi) is 5.39. The zero-order valence-electron chi connectivity index (χ0n) is 18.1. The molecule has 5 rings (SSSR count). The van der Waals surface area contributed by atoms with Crippen LogP contribution >= 0.6 is 11.8 Å². The minimum absolute atomic E-state index is 0.298. The van der Waals surface area contributed by atoms with Crippen LogP contribution in [0.5, 0.6) is 0 Å². The lowest BCUT2D eigenvalue weighted by atomic mass is 10.1. The molecule has 0 aliphatic heterocycles. The highest BCUT2D eigenvalue weighted by Crippen LogP contribution is 2.31. The lowest BCUT2D eigenvalue weighted by Crippen LogP contribution is -2.13. The SMILES string of the molecule is Cc1cc(-c2cc(C(=O)Nc3ccnc(Sc4ccccn4)c3)c3c(C)noc3n2)c(C)o1. The fourth-order valence-electron chi connectivity index (χ4n) is 3.55. The minimum atomic E-state index is -0.298. The number of amides is 1. The monoisotopic (exact) mass is 457 g/mol. The second kappa shape index (κ2) is 8.51. The Balaban J connectivity index is 1.49. The van der Waals surface area contributed by atoms with E-state index in [1.807, 2.05) is 38.1 Å². The van der Waals surface area contributed by atoms with E-state index in [1.54, 1.807) is 37.5 Å². The molecule has 8 nitrogen and oxygen atoms in total. The number of hydrogen-bond donors (Lipinski definition) is 1. The van der Waals surface area contributed by atoms with Crippen molar-refractivity contribution in [3.05, 3.63) is 77.6 Å². The fourth-order valence-corrected chi connectivity index (χ4v) is 4.33. The number of carbonyl (C=O) groups is 1. The van der Waals surface area contributed by atoms with Crippen LogP contribution in [0.15, 0.2) is 73.9 Å². The van der Waals surface area contributed by atoms with Crippen molar-refractivity contribution >= 4 is 34.5 Å². The Morgan fingerprint density at radius 2 is 1.85 bits per heavy atom. The summed E-state index contributed by atoms with van der Waals surface area (Å²) >= 11 is 1.42. The fraction of sp³-hybridized carbons (Fsp3) is 0.125. The Morgan fingerprint density at radius 3 is 2.61 bits per heavy atom. The third-order valence-corrected chi connectivity index (χ3v) is 5.90. The highest BCUT2D eigenvalue weighted by molar-refractivity contribution is 7.99. The van der Waals surface area contributed by atoms with Gasteiger partial charge in [0, 0.05) is 23.6 Å². The largest absolute Gasteiger partial charge is 0.466 e. The maximum absolute atomic E-state index is 13.4. The summed E-state index contributed by atoms with van der Waals surface area (Å²) in [5.41, 5.74) is 3.31. The molecular weight excluding hydrogens is 438 g/mol. The van der Waals surface area contributed by atoms with E-state index in [-0.39, 0.29) is 5.91 Å². The van der Waals surface area contributed by atoms with Crippen molar-refractivity contribution in [3.8, 4) is 11.3 Å². The minimum Gasteiger partial charge on any atom is -0.466 e. The molecule has 0 spiro atoms. The van der Waals surface area contributed by atoms with E-state index in [9.17, 15) is 4.79 Å². The van der Waals surface area contributed by atoms with E-state index in [1.165, 1.54) is 11.8 Å². The lowest BCUT2D eigenvalue weighted by molar-refractivity contribution is 0.102. The average molecular weight is 458 g/mol. The van der Waals surface area contributed by atoms with Crippen molar-refractivity contribution in [1.29, 1.82) is 0 Å². The molecule has 33 heavy (non-hydrogen) atoms. The molecule has 1 N–H and O–H groups in total. The molecule has 5 aromatic rings. The number of carbonyl (C=O) groups excluding carboxylic acids is 1. The zero-order chi connectivity index (χ0) is 22.9. The molecule has 5 heterocycles. The number of nitrogens with zero attached hydrogens (tertiary/aromatic N) is 4. The Bertz CT molecular complexity index is 1480. The van der Waals surface area contributed by atoms with Gasteiger partial charge in [0.05, 0.1) is 22.3 Å². The molecule has 0 saturated heterocycles. The number of aryl methyl sites for hydroxylation is 3. The van der Waals surface area contributed by atoms with Gasteiger partial charge >= 0.3 is 0 Å². The Morgan fingerprint density at radius 1 is 1.00 bits per heavy atom. The highest BCUT2D eigenvalue weighted by Gasteiger charge is 2.21. The highest BCUT2D eigenvalue weighted by atomic mass is 32.2. The van der Waals surface area contributed by atoms with Crippen molar-refractivity contribution < 1.29 is 13.7 Å². The molecule has 0 fully saturated rings. The van der Waals surface area contributed by atoms with Gasteiger partial charge in [-0.1, -0.05) is 23.0 Å². The Hall–Kier alpha value is -3.98. The number of fused-ring (bicyclic) bond motifs is 1. The van der Waals surface area contributed by atoms with E-state index in [0.717, 1.165) is 21.4 Å². The van der Waals surface area contributed by atoms with Gasteiger partial charge in [-0.15, -0.1) is 0 Å². The normalized spacial score (nSPS) is 11.1. The molecular formula is C24H19N5O3S. The average Bonchev–Trinajstić information content (AvgIpc) is 3.35. The molecule has 0 saturated carbocycles. The number of aromatic nitrogens is 4. The van der Waals surface area contributed by atoms with Crippen LogP contribution in [0.2, 0.25) is 0 Å². The van der Waals surface area contributed by atoms with Gasteiger partial charge in [0.2, 0.25) is 0 Å². The van der Waals surface area contributed by atoms with Gasteiger partial charge in [-0.25, -0.2) is 15.0 Å². The number of pyridine rings is 3. The first-order valence-corrected chi connectivity index (χ1v) is 11.0. The molecule has 0 aromatic carbocycles. The predicted octanol–water partition coefficient (Wildman–Crippen LogP) is 5.60. The van der Waals surface area contributed by atoms with Crippen LogP contribution in [-0.2, 0) is 0 Å². The van der Waals surface area contributed by atoms with Crippen molar-refractivity contribution in [2.45, 2.75) is 30.8 Å². The van der Waals surface area contributed by atoms with Gasteiger partial charge in [0.25, 0.3) is 11.6 Å². The summed E-state index contributed by atoms with van der Waals surface area (Å²) in [7, 11) is 0. The van der Waals surface area contributed by atoms with Gasteiger partial charge in [-0.3, -0.25) is 4.79 Å². The summed E-state index contributed by atoms with van der Waals surface area (Å²) in [5, 5.41) is 9.08. The number of furan rings is 1. The topological polar surface area (TPSA) is 107 Å². The Labute approximate surface area is 193 Å². The maximum Gasteiger partial charge on any atom is 0.259 e. The molecule has 0 radical (unpaired) electrons. The molecule has 5 aromatic heterocycles. The van der Waals surface area contributed by atoms with Crippen molar-refractivity contribution in [2.24, 2.45) is 0 Å². The summed E-state index contributed by atoms with van der Waals surface area (Å²) < 4.78 is 11.0. The number of hydrogen-bond acceptors (Lipinski definition) is 8. The quantitative estimate of drug-likeness (QED) is 0.363. The standard InChI is InChI=1S/C24H19N5O3S/c1-13-10-17(15(3)31-13)19-12-18(22-14(2)29-32-24(22)28-19)23(30)27-16-7-9-26-21(11-16)33-20-6-4-5-8-25-20/h4-12H,1-3H3,(H,26,27,30). The van der Waals surface area contributed by atoms with Crippen LogP contribution in [-0.4, -0.2) is 26.0 Å². The molecule has 164 valence electrons. The van der Waals surface area contributed by atoms with E-state index in [2.05, 4.69) is 25.4 Å². The van der Waals surface area contributed by atoms with Crippen molar-refractivity contribution in [1.82, 2.24) is 20.1 Å². The zero-order valence-corrected chi connectivity index (χ0v) is 18.9. The number of anilines is 1. The number of nitrogens with one attached hydrogen (secondary N) is 1. The summed E-state index contributed by atoms with van der Waals surface area (Å²) in [6.07, 6.45) is 3.38. The van der Waals surface area contributed by atoms with Crippen molar-refractivity contribution in [2.75, 3.05) is 5.32 Å². The van der Waals surface area contributed by atoms with Crippen LogP contribution in [0.1, 0.15) is 27.6 Å². The number of rotatable bonds is 5. The first-order chi connectivity index (χ1) is 16.0. The molecule has 1 amide bonds. The second-order valence-electron chi connectivity index (χ2n) is 7.44.